The average molecular weight is 515 g/mol. The van der Waals surface area contributed by atoms with Crippen LogP contribution in [-0.4, -0.2) is 16.8 Å². The molecule has 3 aromatic carbocycles. The normalized spacial score (nSPS) is 12.1. The molecule has 2 N–H and O–H groups in total. The zero-order valence-corrected chi connectivity index (χ0v) is 19.0. The fourth-order valence-corrected chi connectivity index (χ4v) is 5.49. The number of hydrogen-bond donors (Lipinski definition) is 2. The van der Waals surface area contributed by atoms with Crippen LogP contribution in [0.1, 0.15) is 0 Å². The van der Waals surface area contributed by atoms with Crippen molar-refractivity contribution in [3.8, 4) is 0 Å². The van der Waals surface area contributed by atoms with E-state index in [0.29, 0.717) is 11.0 Å². The molecule has 0 spiro atoms. The Kier molecular flexibility index (Phi) is 5.80. The number of sulfonamides is 2. The summed E-state index contributed by atoms with van der Waals surface area (Å²) < 4.78 is 75.1. The molecule has 32 heavy (non-hydrogen) atoms. The van der Waals surface area contributed by atoms with E-state index in [9.17, 15) is 21.2 Å². The molecule has 166 valence electrons. The summed E-state index contributed by atoms with van der Waals surface area (Å²) in [4.78, 5) is -0.703. The second-order valence-corrected chi connectivity index (χ2v) is 10.7. The Morgan fingerprint density at radius 1 is 0.750 bits per heavy atom. The molecule has 0 radical (unpaired) electrons. The quantitative estimate of drug-likeness (QED) is 0.354. The largest absolute Gasteiger partial charge is 0.443 e. The number of furan rings is 1. The highest BCUT2D eigenvalue weighted by molar-refractivity contribution is 7.93. The van der Waals surface area contributed by atoms with Gasteiger partial charge < -0.3 is 4.42 Å². The first-order valence-electron chi connectivity index (χ1n) is 8.84. The third-order valence-corrected chi connectivity index (χ3v) is 7.39. The van der Waals surface area contributed by atoms with E-state index >= 15 is 0 Å². The minimum atomic E-state index is -4.45. The van der Waals surface area contributed by atoms with Gasteiger partial charge in [0.1, 0.15) is 16.3 Å². The maximum absolute atomic E-state index is 14.1. The summed E-state index contributed by atoms with van der Waals surface area (Å²) in [5.74, 6) is -1.03. The maximum Gasteiger partial charge on any atom is 0.295 e. The first-order chi connectivity index (χ1) is 15.0. The van der Waals surface area contributed by atoms with Gasteiger partial charge in [-0.3, -0.25) is 9.44 Å². The molecule has 0 amide bonds. The van der Waals surface area contributed by atoms with Crippen LogP contribution >= 0.6 is 23.2 Å². The van der Waals surface area contributed by atoms with Crippen LogP contribution in [0.25, 0.3) is 11.0 Å². The molecule has 1 aromatic heterocycles. The first-order valence-corrected chi connectivity index (χ1v) is 12.6. The van der Waals surface area contributed by atoms with Crippen LogP contribution in [0.5, 0.6) is 0 Å². The Balaban J connectivity index is 1.71. The fourth-order valence-electron chi connectivity index (χ4n) is 2.86. The van der Waals surface area contributed by atoms with Gasteiger partial charge in [0.05, 0.1) is 11.4 Å². The molecule has 12 heteroatoms. The lowest BCUT2D eigenvalue weighted by molar-refractivity contribution is 0.484. The Hall–Kier alpha value is -2.79. The summed E-state index contributed by atoms with van der Waals surface area (Å²) in [6.45, 7) is 0. The van der Waals surface area contributed by atoms with E-state index in [2.05, 4.69) is 9.44 Å². The van der Waals surface area contributed by atoms with E-state index in [4.69, 9.17) is 27.6 Å². The molecule has 0 fully saturated rings. The Morgan fingerprint density at radius 2 is 1.41 bits per heavy atom. The van der Waals surface area contributed by atoms with E-state index in [1.807, 2.05) is 0 Å². The number of halogens is 3. The summed E-state index contributed by atoms with van der Waals surface area (Å²) in [5, 5.41) is 0.322. The molecule has 0 atom stereocenters. The number of nitrogens with one attached hydrogen (secondary N) is 2. The number of hydrogen-bond acceptors (Lipinski definition) is 5. The number of rotatable bonds is 6. The maximum atomic E-state index is 14.1. The third kappa shape index (κ3) is 4.53. The van der Waals surface area contributed by atoms with Gasteiger partial charge in [-0.05, 0) is 42.5 Å². The lowest BCUT2D eigenvalue weighted by Crippen LogP contribution is -2.18. The van der Waals surface area contributed by atoms with Crippen LogP contribution in [-0.2, 0) is 20.0 Å². The Bertz CT molecular complexity index is 1520. The third-order valence-electron chi connectivity index (χ3n) is 4.32. The predicted octanol–water partition coefficient (Wildman–Crippen LogP) is 5.48. The molecular formula is C20H13Cl2FN2O5S2. The second kappa shape index (κ2) is 8.28. The zero-order valence-electron chi connectivity index (χ0n) is 15.8. The van der Waals surface area contributed by atoms with Crippen molar-refractivity contribution >= 4 is 65.6 Å². The van der Waals surface area contributed by atoms with Crippen LogP contribution < -0.4 is 9.44 Å². The summed E-state index contributed by atoms with van der Waals surface area (Å²) in [6.07, 6.45) is 0. The monoisotopic (exact) mass is 514 g/mol. The van der Waals surface area contributed by atoms with Crippen LogP contribution in [0, 0.1) is 5.82 Å². The first kappa shape index (κ1) is 22.4. The summed E-state index contributed by atoms with van der Waals surface area (Å²) in [6, 6.07) is 14.8. The van der Waals surface area contributed by atoms with Gasteiger partial charge in [-0.1, -0.05) is 41.4 Å². The van der Waals surface area contributed by atoms with Crippen molar-refractivity contribution in [1.82, 2.24) is 0 Å². The SMILES string of the molecule is O=S(=O)(Nc1cc(Cl)ccc1NS(=O)(=O)c1cc(Cl)ccc1F)c1cc2ccccc2o1. The molecule has 0 bridgehead atoms. The van der Waals surface area contributed by atoms with E-state index in [1.54, 1.807) is 24.3 Å². The van der Waals surface area contributed by atoms with Crippen molar-refractivity contribution in [3.63, 3.8) is 0 Å². The van der Waals surface area contributed by atoms with Gasteiger partial charge in [-0.25, -0.2) is 12.8 Å². The van der Waals surface area contributed by atoms with E-state index in [-0.39, 0.29) is 26.5 Å². The number of fused-ring (bicyclic) bond motifs is 1. The summed E-state index contributed by atoms with van der Waals surface area (Å²) in [5.41, 5.74) is -0.0197. The number of anilines is 2. The van der Waals surface area contributed by atoms with Gasteiger partial charge in [-0.15, -0.1) is 0 Å². The highest BCUT2D eigenvalue weighted by Crippen LogP contribution is 2.32. The van der Waals surface area contributed by atoms with Crippen LogP contribution in [0.3, 0.4) is 0 Å². The Labute approximate surface area is 192 Å². The van der Waals surface area contributed by atoms with Crippen molar-refractivity contribution in [2.45, 2.75) is 9.99 Å². The molecule has 0 saturated heterocycles. The molecule has 0 aliphatic rings. The van der Waals surface area contributed by atoms with Crippen LogP contribution in [0.4, 0.5) is 15.8 Å². The van der Waals surface area contributed by atoms with Crippen LogP contribution in [0.2, 0.25) is 10.0 Å². The standard InChI is InChI=1S/C20H13Cl2FN2O5S2/c21-13-6-8-16(24-31(26,27)19-11-14(22)5-7-15(19)23)17(10-13)25-32(28,29)20-9-12-3-1-2-4-18(12)30-20/h1-11,24-25H. The zero-order chi connectivity index (χ0) is 23.1. The van der Waals surface area contributed by atoms with Gasteiger partial charge in [0, 0.05) is 21.5 Å². The van der Waals surface area contributed by atoms with Gasteiger partial charge in [0.25, 0.3) is 20.0 Å². The molecule has 4 aromatic rings. The van der Waals surface area contributed by atoms with Crippen molar-refractivity contribution in [2.24, 2.45) is 0 Å². The lowest BCUT2D eigenvalue weighted by Gasteiger charge is -2.15. The summed E-state index contributed by atoms with van der Waals surface area (Å²) in [7, 11) is -8.71. The molecule has 0 unspecified atom stereocenters. The van der Waals surface area contributed by atoms with E-state index in [0.717, 1.165) is 12.1 Å². The minimum Gasteiger partial charge on any atom is -0.443 e. The van der Waals surface area contributed by atoms with Gasteiger partial charge in [0.2, 0.25) is 5.09 Å². The second-order valence-electron chi connectivity index (χ2n) is 6.58. The number of para-hydroxylation sites is 1. The highest BCUT2D eigenvalue weighted by atomic mass is 35.5. The average Bonchev–Trinajstić information content (AvgIpc) is 3.17. The smallest absolute Gasteiger partial charge is 0.295 e. The molecule has 0 saturated carbocycles. The molecule has 4 rings (SSSR count). The lowest BCUT2D eigenvalue weighted by atomic mass is 10.3. The molecular weight excluding hydrogens is 502 g/mol. The van der Waals surface area contributed by atoms with Crippen molar-refractivity contribution in [3.05, 3.63) is 82.6 Å². The van der Waals surface area contributed by atoms with Gasteiger partial charge in [-0.2, -0.15) is 8.42 Å². The van der Waals surface area contributed by atoms with Crippen molar-refractivity contribution in [2.75, 3.05) is 9.44 Å². The van der Waals surface area contributed by atoms with E-state index in [1.165, 1.54) is 30.3 Å². The van der Waals surface area contributed by atoms with Crippen LogP contribution in [0.15, 0.2) is 81.1 Å². The fraction of sp³-hybridized carbons (Fsp3) is 0. The highest BCUT2D eigenvalue weighted by Gasteiger charge is 2.24. The van der Waals surface area contributed by atoms with Crippen molar-refractivity contribution in [1.29, 1.82) is 0 Å². The molecule has 0 aliphatic heterocycles. The molecule has 1 heterocycles. The predicted molar refractivity (Wildman–Crippen MR) is 121 cm³/mol. The number of benzene rings is 3. The summed E-state index contributed by atoms with van der Waals surface area (Å²) >= 11 is 11.8. The molecule has 7 nitrogen and oxygen atoms in total. The van der Waals surface area contributed by atoms with Crippen molar-refractivity contribution < 1.29 is 25.6 Å². The minimum absolute atomic E-state index is 0.00805. The molecule has 0 aliphatic carbocycles. The van der Waals surface area contributed by atoms with Gasteiger partial charge in [0.15, 0.2) is 0 Å². The van der Waals surface area contributed by atoms with E-state index < -0.39 is 30.8 Å². The topological polar surface area (TPSA) is 105 Å². The van der Waals surface area contributed by atoms with Gasteiger partial charge >= 0.3 is 0 Å². The Morgan fingerprint density at radius 3 is 2.16 bits per heavy atom.